The third kappa shape index (κ3) is 3.45. The van der Waals surface area contributed by atoms with E-state index in [1.165, 1.54) is 18.4 Å². The number of aromatic nitrogens is 4. The Bertz CT molecular complexity index is 1160. The van der Waals surface area contributed by atoms with Crippen molar-refractivity contribution in [3.8, 4) is 33.7 Å². The number of thiophene rings is 1. The summed E-state index contributed by atoms with van der Waals surface area (Å²) in [7, 11) is 3.12. The predicted molar refractivity (Wildman–Crippen MR) is 104 cm³/mol. The summed E-state index contributed by atoms with van der Waals surface area (Å²) >= 11 is 4.72. The second kappa shape index (κ2) is 7.60. The van der Waals surface area contributed by atoms with Crippen LogP contribution in [0.2, 0.25) is 0 Å². The molecule has 3 heterocycles. The van der Waals surface area contributed by atoms with Gasteiger partial charge in [-0.05, 0) is 40.2 Å². The molecule has 0 N–H and O–H groups in total. The molecule has 0 bridgehead atoms. The zero-order valence-corrected chi connectivity index (χ0v) is 17.1. The van der Waals surface area contributed by atoms with Crippen molar-refractivity contribution in [2.75, 3.05) is 14.2 Å². The lowest BCUT2D eigenvalue weighted by Gasteiger charge is -1.98. The van der Waals surface area contributed by atoms with Crippen LogP contribution in [0.5, 0.6) is 11.5 Å². The molecule has 0 atom stereocenters. The van der Waals surface area contributed by atoms with E-state index in [-0.39, 0.29) is 12.4 Å². The van der Waals surface area contributed by atoms with Gasteiger partial charge in [-0.3, -0.25) is 0 Å². The average Bonchev–Trinajstić information content (AvgIpc) is 3.41. The SMILES string of the molecule is COc1ccc(-c2nc(Cn3nc(-c4scc(Br)c4OC)oc3=O)no2)cc1. The molecular weight excluding hydrogens is 452 g/mol. The smallest absolute Gasteiger partial charge is 0.437 e. The van der Waals surface area contributed by atoms with Gasteiger partial charge < -0.3 is 18.4 Å². The minimum atomic E-state index is -0.627. The molecule has 0 spiro atoms. The maximum atomic E-state index is 12.2. The third-order valence-corrected chi connectivity index (χ3v) is 5.65. The quantitative estimate of drug-likeness (QED) is 0.427. The normalized spacial score (nSPS) is 11.0. The highest BCUT2D eigenvalue weighted by molar-refractivity contribution is 9.10. The number of methoxy groups -OCH3 is 2. The zero-order chi connectivity index (χ0) is 19.7. The number of ether oxygens (including phenoxy) is 2. The number of hydrogen-bond donors (Lipinski definition) is 0. The molecule has 3 aromatic heterocycles. The van der Waals surface area contributed by atoms with Crippen LogP contribution >= 0.6 is 27.3 Å². The Morgan fingerprint density at radius 1 is 1.18 bits per heavy atom. The van der Waals surface area contributed by atoms with Gasteiger partial charge in [-0.15, -0.1) is 16.4 Å². The fourth-order valence-corrected chi connectivity index (χ4v) is 4.05. The Morgan fingerprint density at radius 3 is 2.68 bits per heavy atom. The van der Waals surface area contributed by atoms with Crippen molar-refractivity contribution in [1.82, 2.24) is 19.9 Å². The molecule has 0 saturated heterocycles. The number of rotatable bonds is 6. The average molecular weight is 465 g/mol. The Kier molecular flexibility index (Phi) is 5.01. The lowest BCUT2D eigenvalue weighted by atomic mass is 10.2. The minimum absolute atomic E-state index is 0.0108. The summed E-state index contributed by atoms with van der Waals surface area (Å²) in [6, 6.07) is 7.19. The molecule has 0 aliphatic heterocycles. The molecule has 4 aromatic rings. The van der Waals surface area contributed by atoms with Crippen molar-refractivity contribution >= 4 is 27.3 Å². The van der Waals surface area contributed by atoms with E-state index >= 15 is 0 Å². The highest BCUT2D eigenvalue weighted by atomic mass is 79.9. The van der Waals surface area contributed by atoms with Gasteiger partial charge in [0.2, 0.25) is 0 Å². The molecule has 1 aromatic carbocycles. The summed E-state index contributed by atoms with van der Waals surface area (Å²) in [5.41, 5.74) is 0.737. The van der Waals surface area contributed by atoms with Crippen LogP contribution in [0, 0.1) is 0 Å². The Morgan fingerprint density at radius 2 is 1.96 bits per heavy atom. The van der Waals surface area contributed by atoms with E-state index in [2.05, 4.69) is 31.2 Å². The van der Waals surface area contributed by atoms with Crippen molar-refractivity contribution in [1.29, 1.82) is 0 Å². The van der Waals surface area contributed by atoms with Crippen molar-refractivity contribution < 1.29 is 18.4 Å². The monoisotopic (exact) mass is 464 g/mol. The van der Waals surface area contributed by atoms with Crippen molar-refractivity contribution in [2.45, 2.75) is 6.54 Å². The molecule has 0 radical (unpaired) electrons. The number of halogens is 1. The molecule has 0 unspecified atom stereocenters. The Labute approximate surface area is 170 Å². The van der Waals surface area contributed by atoms with E-state index in [0.717, 1.165) is 20.5 Å². The van der Waals surface area contributed by atoms with Gasteiger partial charge in [0.15, 0.2) is 11.6 Å². The van der Waals surface area contributed by atoms with Crippen molar-refractivity contribution in [3.05, 3.63) is 50.5 Å². The molecule has 28 heavy (non-hydrogen) atoms. The van der Waals surface area contributed by atoms with Gasteiger partial charge in [-0.25, -0.2) is 4.79 Å². The molecule has 11 heteroatoms. The lowest BCUT2D eigenvalue weighted by molar-refractivity contribution is 0.412. The van der Waals surface area contributed by atoms with Gasteiger partial charge in [0.05, 0.1) is 18.7 Å². The summed E-state index contributed by atoms with van der Waals surface area (Å²) in [6.07, 6.45) is 0. The summed E-state index contributed by atoms with van der Waals surface area (Å²) in [4.78, 5) is 17.1. The number of hydrogen-bond acceptors (Lipinski definition) is 9. The summed E-state index contributed by atoms with van der Waals surface area (Å²) < 4.78 is 22.8. The first-order valence-electron chi connectivity index (χ1n) is 7.95. The van der Waals surface area contributed by atoms with E-state index in [1.54, 1.807) is 31.4 Å². The first kappa shape index (κ1) is 18.4. The Hall–Kier alpha value is -2.92. The van der Waals surface area contributed by atoms with Crippen LogP contribution in [-0.2, 0) is 6.54 Å². The minimum Gasteiger partial charge on any atom is -0.497 e. The van der Waals surface area contributed by atoms with E-state index in [1.807, 2.05) is 5.38 Å². The van der Waals surface area contributed by atoms with Gasteiger partial charge in [0, 0.05) is 10.9 Å². The van der Waals surface area contributed by atoms with E-state index in [4.69, 9.17) is 18.4 Å². The summed E-state index contributed by atoms with van der Waals surface area (Å²) in [6.45, 7) is 0.0108. The first-order chi connectivity index (χ1) is 13.6. The van der Waals surface area contributed by atoms with Crippen LogP contribution in [-0.4, -0.2) is 34.1 Å². The molecule has 0 saturated carbocycles. The molecule has 0 amide bonds. The maximum Gasteiger partial charge on any atom is 0.437 e. The van der Waals surface area contributed by atoms with E-state index in [0.29, 0.717) is 22.3 Å². The lowest BCUT2D eigenvalue weighted by Crippen LogP contribution is -2.17. The molecule has 9 nitrogen and oxygen atoms in total. The van der Waals surface area contributed by atoms with Gasteiger partial charge in [-0.2, -0.15) is 9.67 Å². The second-order valence-electron chi connectivity index (χ2n) is 5.52. The molecule has 0 fully saturated rings. The highest BCUT2D eigenvalue weighted by Gasteiger charge is 2.20. The standard InChI is InChI=1S/C17H13BrN4O5S/c1-24-10-5-3-9(4-6-10)15-19-12(21-27-15)7-22-17(23)26-16(20-22)14-13(25-2)11(18)8-28-14/h3-6,8H,7H2,1-2H3. The van der Waals surface area contributed by atoms with Crippen LogP contribution in [0.4, 0.5) is 0 Å². The second-order valence-corrected chi connectivity index (χ2v) is 7.26. The summed E-state index contributed by atoms with van der Waals surface area (Å²) in [5.74, 6) is 1.44. The number of nitrogens with zero attached hydrogens (tertiary/aromatic N) is 4. The molecular formula is C17H13BrN4O5S. The topological polar surface area (TPSA) is 105 Å². The highest BCUT2D eigenvalue weighted by Crippen LogP contribution is 2.40. The predicted octanol–water partition coefficient (Wildman–Crippen LogP) is 3.44. The fraction of sp³-hybridized carbons (Fsp3) is 0.176. The number of benzene rings is 1. The van der Waals surface area contributed by atoms with Crippen LogP contribution in [0.3, 0.4) is 0 Å². The Balaban J connectivity index is 1.57. The molecule has 0 aliphatic carbocycles. The molecule has 0 aliphatic rings. The van der Waals surface area contributed by atoms with Crippen LogP contribution in [0.15, 0.2) is 47.9 Å². The first-order valence-corrected chi connectivity index (χ1v) is 9.62. The van der Waals surface area contributed by atoms with Crippen LogP contribution in [0.25, 0.3) is 22.2 Å². The van der Waals surface area contributed by atoms with Crippen molar-refractivity contribution in [3.63, 3.8) is 0 Å². The van der Waals surface area contributed by atoms with E-state index in [9.17, 15) is 4.79 Å². The molecule has 4 rings (SSSR count). The van der Waals surface area contributed by atoms with Gasteiger partial charge in [0.25, 0.3) is 11.8 Å². The summed E-state index contributed by atoms with van der Waals surface area (Å²) in [5, 5.41) is 9.94. The third-order valence-electron chi connectivity index (χ3n) is 3.80. The van der Waals surface area contributed by atoms with Crippen molar-refractivity contribution in [2.24, 2.45) is 0 Å². The largest absolute Gasteiger partial charge is 0.497 e. The van der Waals surface area contributed by atoms with Gasteiger partial charge in [-0.1, -0.05) is 5.16 Å². The van der Waals surface area contributed by atoms with Crippen LogP contribution < -0.4 is 15.2 Å². The zero-order valence-electron chi connectivity index (χ0n) is 14.7. The van der Waals surface area contributed by atoms with E-state index < -0.39 is 5.76 Å². The fourth-order valence-electron chi connectivity index (χ4n) is 2.46. The molecule has 144 valence electrons. The maximum absolute atomic E-state index is 12.2. The van der Waals surface area contributed by atoms with Crippen LogP contribution in [0.1, 0.15) is 5.82 Å². The van der Waals surface area contributed by atoms with Gasteiger partial charge in [0.1, 0.15) is 17.2 Å². The van der Waals surface area contributed by atoms with Gasteiger partial charge >= 0.3 is 5.76 Å².